The standard InChI is InChI=1S/C15H21N3O2/c1-3-19-14-5-9-4-8(2)20-13(9)7-11(14)10-6-12(10)18-15(16)17/h5,7-8,10,12H,3-4,6H2,1-2H3,(H4,16,17,18). The van der Waals surface area contributed by atoms with E-state index in [2.05, 4.69) is 24.0 Å². The van der Waals surface area contributed by atoms with E-state index in [4.69, 9.17) is 20.9 Å². The highest BCUT2D eigenvalue weighted by molar-refractivity contribution is 5.76. The average Bonchev–Trinajstić information content (AvgIpc) is 3.00. The zero-order chi connectivity index (χ0) is 14.3. The van der Waals surface area contributed by atoms with E-state index in [0.717, 1.165) is 29.9 Å². The molecule has 1 aromatic carbocycles. The molecule has 1 aromatic rings. The van der Waals surface area contributed by atoms with Gasteiger partial charge in [0.25, 0.3) is 0 Å². The Labute approximate surface area is 119 Å². The first-order valence-electron chi connectivity index (χ1n) is 7.13. The van der Waals surface area contributed by atoms with Gasteiger partial charge in [-0.05, 0) is 32.4 Å². The van der Waals surface area contributed by atoms with Crippen LogP contribution in [0.3, 0.4) is 0 Å². The summed E-state index contributed by atoms with van der Waals surface area (Å²) in [6, 6.07) is 4.40. The maximum Gasteiger partial charge on any atom is 0.186 e. The predicted molar refractivity (Wildman–Crippen MR) is 78.4 cm³/mol. The van der Waals surface area contributed by atoms with E-state index in [0.29, 0.717) is 12.5 Å². The summed E-state index contributed by atoms with van der Waals surface area (Å²) in [6.07, 6.45) is 2.15. The van der Waals surface area contributed by atoms with Gasteiger partial charge in [-0.25, -0.2) is 4.99 Å². The molecule has 5 nitrogen and oxygen atoms in total. The molecule has 1 saturated carbocycles. The summed E-state index contributed by atoms with van der Waals surface area (Å²) in [7, 11) is 0. The number of hydrogen-bond acceptors (Lipinski definition) is 3. The minimum atomic E-state index is 0.154. The van der Waals surface area contributed by atoms with Gasteiger partial charge < -0.3 is 20.9 Å². The topological polar surface area (TPSA) is 82.9 Å². The van der Waals surface area contributed by atoms with E-state index in [1.54, 1.807) is 0 Å². The van der Waals surface area contributed by atoms with Gasteiger partial charge in [0, 0.05) is 23.5 Å². The number of hydrogen-bond donors (Lipinski definition) is 2. The molecule has 0 spiro atoms. The number of ether oxygens (including phenoxy) is 2. The number of guanidine groups is 1. The fourth-order valence-electron chi connectivity index (χ4n) is 2.88. The quantitative estimate of drug-likeness (QED) is 0.645. The first-order valence-corrected chi connectivity index (χ1v) is 7.13. The first-order chi connectivity index (χ1) is 9.58. The molecule has 1 heterocycles. The summed E-state index contributed by atoms with van der Waals surface area (Å²) < 4.78 is 11.6. The van der Waals surface area contributed by atoms with Gasteiger partial charge >= 0.3 is 0 Å². The monoisotopic (exact) mass is 275 g/mol. The van der Waals surface area contributed by atoms with Crippen molar-refractivity contribution in [1.29, 1.82) is 0 Å². The third-order valence-corrected chi connectivity index (χ3v) is 3.80. The lowest BCUT2D eigenvalue weighted by Crippen LogP contribution is -2.23. The van der Waals surface area contributed by atoms with Crippen molar-refractivity contribution in [1.82, 2.24) is 0 Å². The third-order valence-electron chi connectivity index (χ3n) is 3.80. The van der Waals surface area contributed by atoms with E-state index >= 15 is 0 Å². The Morgan fingerprint density at radius 3 is 2.95 bits per heavy atom. The second-order valence-electron chi connectivity index (χ2n) is 5.53. The Bertz CT molecular complexity index is 552. The minimum absolute atomic E-state index is 0.154. The Hall–Kier alpha value is -1.91. The van der Waals surface area contributed by atoms with Crippen molar-refractivity contribution < 1.29 is 9.47 Å². The molecule has 0 amide bonds. The molecule has 4 N–H and O–H groups in total. The highest BCUT2D eigenvalue weighted by Crippen LogP contribution is 2.49. The van der Waals surface area contributed by atoms with E-state index in [1.807, 2.05) is 6.92 Å². The zero-order valence-corrected chi connectivity index (χ0v) is 11.9. The maximum absolute atomic E-state index is 5.83. The van der Waals surface area contributed by atoms with Gasteiger partial charge in [0.1, 0.15) is 17.6 Å². The van der Waals surface area contributed by atoms with Gasteiger partial charge in [0.15, 0.2) is 5.96 Å². The van der Waals surface area contributed by atoms with Gasteiger partial charge in [0.2, 0.25) is 0 Å². The van der Waals surface area contributed by atoms with E-state index in [9.17, 15) is 0 Å². The molecule has 0 radical (unpaired) electrons. The van der Waals surface area contributed by atoms with Crippen molar-refractivity contribution >= 4 is 5.96 Å². The van der Waals surface area contributed by atoms with Crippen LogP contribution in [0.4, 0.5) is 0 Å². The predicted octanol–water partition coefficient (Wildman–Crippen LogP) is 1.54. The zero-order valence-electron chi connectivity index (χ0n) is 11.9. The minimum Gasteiger partial charge on any atom is -0.494 e. The molecule has 0 saturated heterocycles. The van der Waals surface area contributed by atoms with Gasteiger partial charge in [-0.1, -0.05) is 0 Å². The molecule has 20 heavy (non-hydrogen) atoms. The summed E-state index contributed by atoms with van der Waals surface area (Å²) >= 11 is 0. The number of benzene rings is 1. The van der Waals surface area contributed by atoms with Crippen molar-refractivity contribution in [2.24, 2.45) is 16.5 Å². The summed E-state index contributed by atoms with van der Waals surface area (Å²) in [5.74, 6) is 2.42. The van der Waals surface area contributed by atoms with Gasteiger partial charge in [0.05, 0.1) is 12.6 Å². The molecule has 3 rings (SSSR count). The van der Waals surface area contributed by atoms with E-state index in [-0.39, 0.29) is 18.1 Å². The molecule has 5 heteroatoms. The van der Waals surface area contributed by atoms with Crippen LogP contribution < -0.4 is 20.9 Å². The molecule has 0 aromatic heterocycles. The SMILES string of the molecule is CCOc1cc2c(cc1C1CC1N=C(N)N)OC(C)C2. The van der Waals surface area contributed by atoms with Crippen LogP contribution in [0.15, 0.2) is 17.1 Å². The molecule has 1 aliphatic carbocycles. The van der Waals surface area contributed by atoms with Crippen LogP contribution in [-0.2, 0) is 6.42 Å². The van der Waals surface area contributed by atoms with Crippen LogP contribution in [0, 0.1) is 0 Å². The summed E-state index contributed by atoms with van der Waals surface area (Å²) in [4.78, 5) is 4.23. The number of nitrogens with two attached hydrogens (primary N) is 2. The molecule has 0 bridgehead atoms. The first kappa shape index (κ1) is 13.1. The number of nitrogens with zero attached hydrogens (tertiary/aromatic N) is 1. The van der Waals surface area contributed by atoms with Gasteiger partial charge in [-0.3, -0.25) is 0 Å². The van der Waals surface area contributed by atoms with Crippen LogP contribution in [-0.4, -0.2) is 24.7 Å². The normalized spacial score (nSPS) is 26.6. The lowest BCUT2D eigenvalue weighted by molar-refractivity contribution is 0.254. The van der Waals surface area contributed by atoms with Crippen LogP contribution in [0.1, 0.15) is 37.3 Å². The number of aliphatic imine (C=N–C) groups is 1. The van der Waals surface area contributed by atoms with Crippen LogP contribution >= 0.6 is 0 Å². The average molecular weight is 275 g/mol. The second-order valence-corrected chi connectivity index (χ2v) is 5.53. The van der Waals surface area contributed by atoms with Crippen LogP contribution in [0.25, 0.3) is 0 Å². The van der Waals surface area contributed by atoms with Crippen molar-refractivity contribution in [3.63, 3.8) is 0 Å². The highest BCUT2D eigenvalue weighted by Gasteiger charge is 2.41. The molecular formula is C15H21N3O2. The van der Waals surface area contributed by atoms with Crippen LogP contribution in [0.2, 0.25) is 0 Å². The van der Waals surface area contributed by atoms with Crippen molar-refractivity contribution in [3.05, 3.63) is 23.3 Å². The van der Waals surface area contributed by atoms with Crippen molar-refractivity contribution in [2.75, 3.05) is 6.61 Å². The lowest BCUT2D eigenvalue weighted by atomic mass is 10.0. The fourth-order valence-corrected chi connectivity index (χ4v) is 2.88. The summed E-state index contributed by atoms with van der Waals surface area (Å²) in [5, 5.41) is 0. The Morgan fingerprint density at radius 1 is 1.45 bits per heavy atom. The van der Waals surface area contributed by atoms with E-state index < -0.39 is 0 Å². The Balaban J connectivity index is 1.90. The van der Waals surface area contributed by atoms with Gasteiger partial charge in [-0.2, -0.15) is 0 Å². The summed E-state index contributed by atoms with van der Waals surface area (Å²) in [6.45, 7) is 4.73. The lowest BCUT2D eigenvalue weighted by Gasteiger charge is -2.12. The summed E-state index contributed by atoms with van der Waals surface area (Å²) in [5.41, 5.74) is 13.3. The second kappa shape index (κ2) is 4.89. The molecule has 108 valence electrons. The Kier molecular flexibility index (Phi) is 3.20. The van der Waals surface area contributed by atoms with Crippen molar-refractivity contribution in [3.8, 4) is 11.5 Å². The molecule has 3 atom stereocenters. The largest absolute Gasteiger partial charge is 0.494 e. The van der Waals surface area contributed by atoms with Crippen molar-refractivity contribution in [2.45, 2.75) is 44.8 Å². The van der Waals surface area contributed by atoms with Gasteiger partial charge in [-0.15, -0.1) is 0 Å². The Morgan fingerprint density at radius 2 is 2.25 bits per heavy atom. The maximum atomic E-state index is 5.83. The number of rotatable bonds is 4. The molecule has 3 unspecified atom stereocenters. The third kappa shape index (κ3) is 2.40. The highest BCUT2D eigenvalue weighted by atomic mass is 16.5. The molecular weight excluding hydrogens is 254 g/mol. The molecule has 1 fully saturated rings. The van der Waals surface area contributed by atoms with Crippen LogP contribution in [0.5, 0.6) is 11.5 Å². The number of fused-ring (bicyclic) bond motifs is 1. The molecule has 1 aliphatic heterocycles. The molecule has 2 aliphatic rings. The smallest absolute Gasteiger partial charge is 0.186 e. The van der Waals surface area contributed by atoms with E-state index in [1.165, 1.54) is 5.56 Å². The fraction of sp³-hybridized carbons (Fsp3) is 0.533.